The number of ether oxygens (including phenoxy) is 1. The van der Waals surface area contributed by atoms with Gasteiger partial charge in [0.2, 0.25) is 0 Å². The monoisotopic (exact) mass is 253 g/mol. The van der Waals surface area contributed by atoms with Gasteiger partial charge in [-0.25, -0.2) is 0 Å². The molecule has 7 heteroatoms. The lowest BCUT2D eigenvalue weighted by Gasteiger charge is -2.07. The Kier molecular flexibility index (Phi) is 5.06. The van der Waals surface area contributed by atoms with E-state index >= 15 is 0 Å². The Labute approximate surface area is 104 Å². The van der Waals surface area contributed by atoms with E-state index in [1.54, 1.807) is 7.11 Å². The Balaban J connectivity index is 2.74. The van der Waals surface area contributed by atoms with E-state index in [1.165, 1.54) is 18.2 Å². The average Bonchev–Trinajstić information content (AvgIpc) is 2.34. The molecule has 0 fully saturated rings. The minimum absolute atomic E-state index is 0.113. The van der Waals surface area contributed by atoms with Gasteiger partial charge in [0.05, 0.1) is 10.5 Å². The third-order valence-corrected chi connectivity index (χ3v) is 2.34. The van der Waals surface area contributed by atoms with Crippen LogP contribution in [0, 0.1) is 10.1 Å². The van der Waals surface area contributed by atoms with Gasteiger partial charge >= 0.3 is 0 Å². The summed E-state index contributed by atoms with van der Waals surface area (Å²) in [5.41, 5.74) is 5.32. The maximum Gasteiger partial charge on any atom is 0.292 e. The van der Waals surface area contributed by atoms with E-state index < -0.39 is 10.8 Å². The highest BCUT2D eigenvalue weighted by molar-refractivity contribution is 6.00. The number of rotatable bonds is 6. The maximum absolute atomic E-state index is 11.7. The van der Waals surface area contributed by atoms with Gasteiger partial charge in [0, 0.05) is 26.3 Å². The van der Waals surface area contributed by atoms with Crippen molar-refractivity contribution in [1.82, 2.24) is 5.32 Å². The predicted octanol–water partition coefficient (Wildman–Crippen LogP) is 0.943. The molecule has 0 spiro atoms. The second-order valence-corrected chi connectivity index (χ2v) is 3.60. The quantitative estimate of drug-likeness (QED) is 0.339. The summed E-state index contributed by atoms with van der Waals surface area (Å²) in [4.78, 5) is 21.8. The van der Waals surface area contributed by atoms with Gasteiger partial charge in [-0.2, -0.15) is 0 Å². The smallest absolute Gasteiger partial charge is 0.292 e. The first kappa shape index (κ1) is 13.9. The van der Waals surface area contributed by atoms with Crippen LogP contribution in [0.15, 0.2) is 18.2 Å². The summed E-state index contributed by atoms with van der Waals surface area (Å²) in [7, 11) is 1.57. The Morgan fingerprint density at radius 3 is 2.89 bits per heavy atom. The van der Waals surface area contributed by atoms with Crippen molar-refractivity contribution < 1.29 is 14.5 Å². The summed E-state index contributed by atoms with van der Waals surface area (Å²) < 4.78 is 4.84. The van der Waals surface area contributed by atoms with Gasteiger partial charge in [0.15, 0.2) is 0 Å². The Bertz CT molecular complexity index is 448. The van der Waals surface area contributed by atoms with E-state index in [9.17, 15) is 14.9 Å². The van der Waals surface area contributed by atoms with Crippen LogP contribution in [0.4, 0.5) is 11.4 Å². The fourth-order valence-electron chi connectivity index (χ4n) is 1.42. The topological polar surface area (TPSA) is 107 Å². The number of hydrogen-bond donors (Lipinski definition) is 2. The number of anilines is 1. The normalized spacial score (nSPS) is 10.1. The molecule has 1 rings (SSSR count). The number of carbonyl (C=O) groups excluding carboxylic acids is 1. The summed E-state index contributed by atoms with van der Waals surface area (Å²) in [6, 6.07) is 4.14. The molecule has 0 unspecified atom stereocenters. The number of nitrogens with one attached hydrogen (secondary N) is 1. The minimum Gasteiger partial charge on any atom is -0.393 e. The molecule has 0 aliphatic carbocycles. The van der Waals surface area contributed by atoms with Crippen LogP contribution >= 0.6 is 0 Å². The second kappa shape index (κ2) is 6.55. The van der Waals surface area contributed by atoms with Gasteiger partial charge in [0.1, 0.15) is 5.69 Å². The van der Waals surface area contributed by atoms with E-state index in [1.807, 2.05) is 0 Å². The molecule has 1 aromatic carbocycles. The van der Waals surface area contributed by atoms with Gasteiger partial charge < -0.3 is 15.8 Å². The standard InChI is InChI=1S/C11H15N3O4/c1-18-7-3-6-13-11(15)8-4-2-5-9(10(8)12)14(16)17/h2,4-5H,3,6-7,12H2,1H3,(H,13,15). The lowest BCUT2D eigenvalue weighted by Crippen LogP contribution is -2.26. The number of nitrogen functional groups attached to an aromatic ring is 1. The molecule has 0 bridgehead atoms. The van der Waals surface area contributed by atoms with Crippen molar-refractivity contribution >= 4 is 17.3 Å². The molecular weight excluding hydrogens is 238 g/mol. The molecule has 1 amide bonds. The molecule has 0 saturated carbocycles. The highest BCUT2D eigenvalue weighted by Crippen LogP contribution is 2.24. The SMILES string of the molecule is COCCCNC(=O)c1cccc([N+](=O)[O-])c1N. The number of nitrogens with zero attached hydrogens (tertiary/aromatic N) is 1. The van der Waals surface area contributed by atoms with Gasteiger partial charge in [-0.15, -0.1) is 0 Å². The Hall–Kier alpha value is -2.15. The number of nitrogens with two attached hydrogens (primary N) is 1. The van der Waals surface area contributed by atoms with Crippen molar-refractivity contribution in [3.05, 3.63) is 33.9 Å². The number of amides is 1. The van der Waals surface area contributed by atoms with Gasteiger partial charge in [-0.1, -0.05) is 6.07 Å². The van der Waals surface area contributed by atoms with Crippen LogP contribution in [0.5, 0.6) is 0 Å². The molecule has 0 heterocycles. The number of nitro benzene ring substituents is 1. The van der Waals surface area contributed by atoms with Crippen LogP contribution in [0.1, 0.15) is 16.8 Å². The molecule has 0 radical (unpaired) electrons. The molecule has 18 heavy (non-hydrogen) atoms. The summed E-state index contributed by atoms with van der Waals surface area (Å²) in [5, 5.41) is 13.3. The highest BCUT2D eigenvalue weighted by atomic mass is 16.6. The van der Waals surface area contributed by atoms with Crippen molar-refractivity contribution in [2.45, 2.75) is 6.42 Å². The lowest BCUT2D eigenvalue weighted by molar-refractivity contribution is -0.383. The lowest BCUT2D eigenvalue weighted by atomic mass is 10.1. The molecule has 98 valence electrons. The van der Waals surface area contributed by atoms with Crippen LogP contribution in [0.3, 0.4) is 0 Å². The van der Waals surface area contributed by atoms with Crippen molar-refractivity contribution in [2.75, 3.05) is 26.0 Å². The fraction of sp³-hybridized carbons (Fsp3) is 0.364. The molecule has 3 N–H and O–H groups in total. The molecule has 7 nitrogen and oxygen atoms in total. The first-order chi connectivity index (χ1) is 8.57. The molecule has 0 atom stereocenters. The van der Waals surface area contributed by atoms with Crippen molar-refractivity contribution in [1.29, 1.82) is 0 Å². The van der Waals surface area contributed by atoms with Crippen LogP contribution < -0.4 is 11.1 Å². The zero-order valence-electron chi connectivity index (χ0n) is 10.0. The summed E-state index contributed by atoms with van der Waals surface area (Å²) >= 11 is 0. The van der Waals surface area contributed by atoms with E-state index in [-0.39, 0.29) is 16.9 Å². The zero-order chi connectivity index (χ0) is 13.5. The van der Waals surface area contributed by atoms with Crippen LogP contribution in [-0.2, 0) is 4.74 Å². The molecule has 0 saturated heterocycles. The number of methoxy groups -OCH3 is 1. The highest BCUT2D eigenvalue weighted by Gasteiger charge is 2.18. The third kappa shape index (κ3) is 3.42. The average molecular weight is 253 g/mol. The minimum atomic E-state index is -0.614. The van der Waals surface area contributed by atoms with E-state index in [0.717, 1.165) is 0 Å². The van der Waals surface area contributed by atoms with Crippen LogP contribution in [0.2, 0.25) is 0 Å². The molecule has 0 aliphatic rings. The van der Waals surface area contributed by atoms with Crippen LogP contribution in [0.25, 0.3) is 0 Å². The number of hydrogen-bond acceptors (Lipinski definition) is 5. The summed E-state index contributed by atoms with van der Waals surface area (Å²) in [6.07, 6.45) is 0.664. The number of nitro groups is 1. The fourth-order valence-corrected chi connectivity index (χ4v) is 1.42. The first-order valence-electron chi connectivity index (χ1n) is 5.38. The van der Waals surface area contributed by atoms with E-state index in [0.29, 0.717) is 19.6 Å². The largest absolute Gasteiger partial charge is 0.393 e. The number of benzene rings is 1. The van der Waals surface area contributed by atoms with Gasteiger partial charge in [-0.3, -0.25) is 14.9 Å². The summed E-state index contributed by atoms with van der Waals surface area (Å²) in [5.74, 6) is -0.424. The van der Waals surface area contributed by atoms with E-state index in [2.05, 4.69) is 5.32 Å². The van der Waals surface area contributed by atoms with Gasteiger partial charge in [-0.05, 0) is 12.5 Å². The number of para-hydroxylation sites is 1. The maximum atomic E-state index is 11.7. The Morgan fingerprint density at radius 1 is 1.56 bits per heavy atom. The predicted molar refractivity (Wildman–Crippen MR) is 66.3 cm³/mol. The molecular formula is C11H15N3O4. The summed E-state index contributed by atoms with van der Waals surface area (Å²) in [6.45, 7) is 0.958. The van der Waals surface area contributed by atoms with Gasteiger partial charge in [0.25, 0.3) is 11.6 Å². The second-order valence-electron chi connectivity index (χ2n) is 3.60. The van der Waals surface area contributed by atoms with E-state index in [4.69, 9.17) is 10.5 Å². The number of carbonyl (C=O) groups is 1. The first-order valence-corrected chi connectivity index (χ1v) is 5.38. The van der Waals surface area contributed by atoms with Crippen molar-refractivity contribution in [2.24, 2.45) is 0 Å². The van der Waals surface area contributed by atoms with Crippen molar-refractivity contribution in [3.63, 3.8) is 0 Å². The zero-order valence-corrected chi connectivity index (χ0v) is 10.0. The molecule has 1 aromatic rings. The molecule has 0 aromatic heterocycles. The Morgan fingerprint density at radius 2 is 2.28 bits per heavy atom. The third-order valence-electron chi connectivity index (χ3n) is 2.34. The molecule has 0 aliphatic heterocycles. The van der Waals surface area contributed by atoms with Crippen LogP contribution in [-0.4, -0.2) is 31.1 Å². The van der Waals surface area contributed by atoms with Crippen molar-refractivity contribution in [3.8, 4) is 0 Å².